The van der Waals surface area contributed by atoms with E-state index in [2.05, 4.69) is 24.7 Å². The Hall–Kier alpha value is -2.28. The van der Waals surface area contributed by atoms with E-state index in [0.29, 0.717) is 25.3 Å². The molecule has 0 aromatic heterocycles. The number of hydrogen-bond acceptors (Lipinski definition) is 3. The van der Waals surface area contributed by atoms with Crippen molar-refractivity contribution in [3.63, 3.8) is 0 Å². The molecule has 7 nitrogen and oxygen atoms in total. The number of urea groups is 1. The van der Waals surface area contributed by atoms with E-state index in [-0.39, 0.29) is 18.0 Å². The lowest BCUT2D eigenvalue weighted by molar-refractivity contribution is -0.858. The van der Waals surface area contributed by atoms with Crippen molar-refractivity contribution in [2.24, 2.45) is 0 Å². The number of hydrogen-bond donors (Lipinski definition) is 3. The minimum atomic E-state index is -0.214. The van der Waals surface area contributed by atoms with Crippen molar-refractivity contribution in [3.8, 4) is 5.75 Å². The first-order chi connectivity index (χ1) is 11.5. The van der Waals surface area contributed by atoms with Crippen LogP contribution in [0.3, 0.4) is 0 Å². The van der Waals surface area contributed by atoms with Crippen LogP contribution in [0.4, 0.5) is 10.5 Å². The number of anilines is 1. The van der Waals surface area contributed by atoms with Crippen LogP contribution in [0.2, 0.25) is 0 Å². The van der Waals surface area contributed by atoms with Gasteiger partial charge in [-0.2, -0.15) is 0 Å². The Balaban J connectivity index is 1.82. The third-order valence-electron chi connectivity index (χ3n) is 3.96. The molecule has 1 atom stereocenters. The van der Waals surface area contributed by atoms with E-state index < -0.39 is 0 Å². The molecule has 3 N–H and O–H groups in total. The summed E-state index contributed by atoms with van der Waals surface area (Å²) in [5, 5.41) is 5.71. The predicted molar refractivity (Wildman–Crippen MR) is 92.6 cm³/mol. The van der Waals surface area contributed by atoms with Crippen LogP contribution in [0, 0.1) is 0 Å². The van der Waals surface area contributed by atoms with Crippen molar-refractivity contribution in [1.29, 1.82) is 0 Å². The Kier molecular flexibility index (Phi) is 6.43. The maximum absolute atomic E-state index is 12.2. The Morgan fingerprint density at radius 3 is 2.92 bits per heavy atom. The molecule has 1 aromatic carbocycles. The highest BCUT2D eigenvalue weighted by molar-refractivity contribution is 5.97. The molecule has 0 unspecified atom stereocenters. The molecule has 1 heterocycles. The standard InChI is InChI=1S/C17H26N4O3/c1-20(2)9-5-8-18-17(23)19-13-10-16(22)21(12-13)14-6-4-7-15(11-14)24-3/h4,6-7,11,13H,5,8-10,12H2,1-3H3,(H2,18,19,23)/p+1/t13-/m0/s1. The second kappa shape index (κ2) is 8.54. The number of carbonyl (C=O) groups is 2. The van der Waals surface area contributed by atoms with Crippen LogP contribution in [0.1, 0.15) is 12.8 Å². The molecule has 24 heavy (non-hydrogen) atoms. The lowest BCUT2D eigenvalue weighted by Crippen LogP contribution is -3.05. The van der Waals surface area contributed by atoms with Crippen molar-refractivity contribution in [2.45, 2.75) is 18.9 Å². The van der Waals surface area contributed by atoms with E-state index in [4.69, 9.17) is 4.74 Å². The molecule has 0 radical (unpaired) electrons. The van der Waals surface area contributed by atoms with Crippen molar-refractivity contribution in [3.05, 3.63) is 24.3 Å². The zero-order valence-electron chi connectivity index (χ0n) is 14.6. The van der Waals surface area contributed by atoms with Gasteiger partial charge in [-0.3, -0.25) is 4.79 Å². The number of methoxy groups -OCH3 is 1. The summed E-state index contributed by atoms with van der Waals surface area (Å²) in [6.07, 6.45) is 1.24. The highest BCUT2D eigenvalue weighted by Gasteiger charge is 2.31. The zero-order valence-corrected chi connectivity index (χ0v) is 14.6. The van der Waals surface area contributed by atoms with Crippen molar-refractivity contribution >= 4 is 17.6 Å². The van der Waals surface area contributed by atoms with Gasteiger partial charge in [0.25, 0.3) is 0 Å². The molecule has 7 heteroatoms. The summed E-state index contributed by atoms with van der Waals surface area (Å²) in [5.74, 6) is 0.710. The first-order valence-electron chi connectivity index (χ1n) is 8.27. The van der Waals surface area contributed by atoms with Gasteiger partial charge in [0.05, 0.1) is 33.8 Å². The van der Waals surface area contributed by atoms with E-state index >= 15 is 0 Å². The molecule has 1 aliphatic heterocycles. The van der Waals surface area contributed by atoms with Crippen LogP contribution in [-0.2, 0) is 4.79 Å². The van der Waals surface area contributed by atoms with E-state index in [9.17, 15) is 9.59 Å². The molecule has 1 fully saturated rings. The smallest absolute Gasteiger partial charge is 0.315 e. The number of rotatable bonds is 7. The number of amides is 3. The molecule has 2 rings (SSSR count). The van der Waals surface area contributed by atoms with Gasteiger partial charge in [0, 0.05) is 37.7 Å². The number of nitrogens with zero attached hydrogens (tertiary/aromatic N) is 1. The lowest BCUT2D eigenvalue weighted by Gasteiger charge is -2.18. The van der Waals surface area contributed by atoms with Gasteiger partial charge in [-0.05, 0) is 12.1 Å². The second-order valence-electron chi connectivity index (χ2n) is 6.32. The maximum Gasteiger partial charge on any atom is 0.315 e. The summed E-state index contributed by atoms with van der Waals surface area (Å²) in [6.45, 7) is 2.12. The zero-order chi connectivity index (χ0) is 17.5. The fraction of sp³-hybridized carbons (Fsp3) is 0.529. The summed E-state index contributed by atoms with van der Waals surface area (Å²) in [6, 6.07) is 6.98. The Morgan fingerprint density at radius 2 is 2.21 bits per heavy atom. The van der Waals surface area contributed by atoms with Gasteiger partial charge in [0.2, 0.25) is 5.91 Å². The van der Waals surface area contributed by atoms with Gasteiger partial charge in [-0.1, -0.05) is 6.07 Å². The van der Waals surface area contributed by atoms with Crippen LogP contribution in [-0.4, -0.2) is 58.8 Å². The van der Waals surface area contributed by atoms with E-state index in [1.807, 2.05) is 24.3 Å². The Morgan fingerprint density at radius 1 is 1.42 bits per heavy atom. The molecule has 3 amide bonds. The van der Waals surface area contributed by atoms with Gasteiger partial charge in [-0.25, -0.2) is 4.79 Å². The van der Waals surface area contributed by atoms with Gasteiger partial charge in [-0.15, -0.1) is 0 Å². The maximum atomic E-state index is 12.2. The lowest BCUT2D eigenvalue weighted by atomic mass is 10.2. The first-order valence-corrected chi connectivity index (χ1v) is 8.27. The van der Waals surface area contributed by atoms with Crippen molar-refractivity contribution < 1.29 is 19.2 Å². The normalized spacial score (nSPS) is 17.2. The third kappa shape index (κ3) is 5.13. The molecule has 1 aliphatic rings. The van der Waals surface area contributed by atoms with Crippen molar-refractivity contribution in [1.82, 2.24) is 10.6 Å². The molecule has 1 aromatic rings. The molecule has 1 saturated heterocycles. The fourth-order valence-corrected chi connectivity index (χ4v) is 2.71. The number of carbonyl (C=O) groups excluding carboxylic acids is 2. The summed E-state index contributed by atoms with van der Waals surface area (Å²) in [4.78, 5) is 27.2. The van der Waals surface area contributed by atoms with Crippen LogP contribution in [0.15, 0.2) is 24.3 Å². The molecule has 0 bridgehead atoms. The minimum Gasteiger partial charge on any atom is -0.497 e. The van der Waals surface area contributed by atoms with Gasteiger partial charge >= 0.3 is 6.03 Å². The number of quaternary nitrogens is 1. The molecule has 0 aliphatic carbocycles. The second-order valence-corrected chi connectivity index (χ2v) is 6.32. The summed E-state index contributed by atoms with van der Waals surface area (Å²) in [5.41, 5.74) is 0.790. The first kappa shape index (κ1) is 18.1. The number of nitrogens with one attached hydrogen (secondary N) is 3. The monoisotopic (exact) mass is 335 g/mol. The topological polar surface area (TPSA) is 75.1 Å². The highest BCUT2D eigenvalue weighted by atomic mass is 16.5. The molecular weight excluding hydrogens is 308 g/mol. The molecule has 0 spiro atoms. The van der Waals surface area contributed by atoms with Gasteiger partial charge < -0.3 is 25.2 Å². The van der Waals surface area contributed by atoms with Crippen LogP contribution in [0.5, 0.6) is 5.75 Å². The average Bonchev–Trinajstić information content (AvgIpc) is 2.91. The van der Waals surface area contributed by atoms with Crippen molar-refractivity contribution in [2.75, 3.05) is 45.7 Å². The third-order valence-corrected chi connectivity index (χ3v) is 3.96. The van der Waals surface area contributed by atoms with Crippen LogP contribution >= 0.6 is 0 Å². The average molecular weight is 335 g/mol. The quantitative estimate of drug-likeness (QED) is 0.596. The minimum absolute atomic E-state index is 0.00441. The summed E-state index contributed by atoms with van der Waals surface area (Å²) < 4.78 is 5.19. The van der Waals surface area contributed by atoms with E-state index in [0.717, 1.165) is 18.7 Å². The largest absolute Gasteiger partial charge is 0.497 e. The number of benzene rings is 1. The molecule has 132 valence electrons. The Labute approximate surface area is 142 Å². The van der Waals surface area contributed by atoms with Crippen LogP contribution in [0.25, 0.3) is 0 Å². The van der Waals surface area contributed by atoms with Gasteiger partial charge in [0.1, 0.15) is 5.75 Å². The Bertz CT molecular complexity index is 577. The fourth-order valence-electron chi connectivity index (χ4n) is 2.71. The highest BCUT2D eigenvalue weighted by Crippen LogP contribution is 2.25. The van der Waals surface area contributed by atoms with Crippen LogP contribution < -0.4 is 25.2 Å². The molecular formula is C17H27N4O3+. The van der Waals surface area contributed by atoms with E-state index in [1.165, 1.54) is 4.90 Å². The predicted octanol–water partition coefficient (Wildman–Crippen LogP) is -0.366. The molecule has 0 saturated carbocycles. The summed E-state index contributed by atoms with van der Waals surface area (Å²) in [7, 11) is 5.76. The van der Waals surface area contributed by atoms with Gasteiger partial charge in [0.15, 0.2) is 0 Å². The SMILES string of the molecule is COc1cccc(N2C[C@@H](NC(=O)NCCC[NH+](C)C)CC2=O)c1. The summed E-state index contributed by atoms with van der Waals surface area (Å²) >= 11 is 0. The number of ether oxygens (including phenoxy) is 1. The van der Waals surface area contributed by atoms with E-state index in [1.54, 1.807) is 12.0 Å².